The first kappa shape index (κ1) is 24.1. The van der Waals surface area contributed by atoms with E-state index in [4.69, 9.17) is 20.8 Å². The molecular formula is C30H32N8S. The number of nitrogens with one attached hydrogen (secondary N) is 4. The minimum atomic E-state index is 0.602. The lowest BCUT2D eigenvalue weighted by Crippen LogP contribution is -2.35. The number of benzene rings is 2. The Labute approximate surface area is 231 Å². The number of imidazole rings is 2. The van der Waals surface area contributed by atoms with Crippen molar-refractivity contribution in [3.8, 4) is 21.4 Å². The third kappa shape index (κ3) is 4.61. The molecule has 2 fully saturated rings. The molecule has 0 saturated carbocycles. The van der Waals surface area contributed by atoms with Gasteiger partial charge in [0.25, 0.3) is 0 Å². The van der Waals surface area contributed by atoms with E-state index in [0.29, 0.717) is 11.7 Å². The second kappa shape index (κ2) is 9.96. The molecule has 0 bridgehead atoms. The Morgan fingerprint density at radius 3 is 1.49 bits per heavy atom. The van der Waals surface area contributed by atoms with E-state index in [2.05, 4.69) is 44.0 Å². The number of hydrogen-bond acceptors (Lipinski definition) is 5. The molecule has 2 aromatic carbocycles. The van der Waals surface area contributed by atoms with Gasteiger partial charge in [-0.3, -0.25) is 10.8 Å². The molecule has 5 heterocycles. The number of piperidine rings is 2. The second-order valence-electron chi connectivity index (χ2n) is 10.6. The van der Waals surface area contributed by atoms with E-state index in [1.165, 1.54) is 12.8 Å². The van der Waals surface area contributed by atoms with E-state index in [9.17, 15) is 0 Å². The average Bonchev–Trinajstić information content (AvgIpc) is 3.74. The Kier molecular flexibility index (Phi) is 6.15. The van der Waals surface area contributed by atoms with Crippen molar-refractivity contribution >= 4 is 45.1 Å². The van der Waals surface area contributed by atoms with Crippen molar-refractivity contribution < 1.29 is 0 Å². The molecule has 8 nitrogen and oxygen atoms in total. The second-order valence-corrected chi connectivity index (χ2v) is 11.7. The van der Waals surface area contributed by atoms with Crippen LogP contribution in [0, 0.1) is 10.8 Å². The smallest absolute Gasteiger partial charge is 0.148 e. The van der Waals surface area contributed by atoms with Crippen molar-refractivity contribution in [3.05, 3.63) is 59.7 Å². The van der Waals surface area contributed by atoms with Gasteiger partial charge in [0.1, 0.15) is 23.3 Å². The zero-order valence-corrected chi connectivity index (χ0v) is 22.7. The number of fused-ring (bicyclic) bond motifs is 2. The Morgan fingerprint density at radius 2 is 1.05 bits per heavy atom. The summed E-state index contributed by atoms with van der Waals surface area (Å²) in [4.78, 5) is 23.1. The molecule has 0 unspecified atom stereocenters. The molecule has 2 saturated heterocycles. The molecule has 5 aromatic rings. The third-order valence-corrected chi connectivity index (χ3v) is 9.03. The van der Waals surface area contributed by atoms with Crippen LogP contribution in [0.15, 0.2) is 48.5 Å². The summed E-state index contributed by atoms with van der Waals surface area (Å²) in [7, 11) is 0. The highest BCUT2D eigenvalue weighted by Gasteiger charge is 2.18. The fourth-order valence-corrected chi connectivity index (χ4v) is 6.64. The van der Waals surface area contributed by atoms with Crippen LogP contribution < -0.4 is 0 Å². The largest absolute Gasteiger partial charge is 0.357 e. The maximum absolute atomic E-state index is 8.67. The fraction of sp³-hybridized carbons (Fsp3) is 0.333. The minimum absolute atomic E-state index is 0.602. The number of likely N-dealkylation sites (tertiary alicyclic amines) is 2. The summed E-state index contributed by atoms with van der Waals surface area (Å²) in [5.41, 5.74) is 5.58. The van der Waals surface area contributed by atoms with Crippen LogP contribution in [0.2, 0.25) is 0 Å². The lowest BCUT2D eigenvalue weighted by atomic mass is 10.1. The molecule has 39 heavy (non-hydrogen) atoms. The summed E-state index contributed by atoms with van der Waals surface area (Å²) >= 11 is 1.65. The van der Waals surface area contributed by atoms with E-state index in [0.717, 1.165) is 106 Å². The van der Waals surface area contributed by atoms with Crippen molar-refractivity contribution in [3.63, 3.8) is 0 Å². The zero-order valence-electron chi connectivity index (χ0n) is 21.9. The maximum Gasteiger partial charge on any atom is 0.148 e. The van der Waals surface area contributed by atoms with Crippen molar-refractivity contribution in [2.75, 3.05) is 26.2 Å². The third-order valence-electron chi connectivity index (χ3n) is 7.93. The molecular weight excluding hydrogens is 504 g/mol. The van der Waals surface area contributed by atoms with E-state index < -0.39 is 0 Å². The first-order valence-electron chi connectivity index (χ1n) is 13.9. The molecule has 7 rings (SSSR count). The number of aromatic nitrogens is 4. The van der Waals surface area contributed by atoms with Gasteiger partial charge in [0, 0.05) is 37.3 Å². The molecule has 0 radical (unpaired) electrons. The predicted molar refractivity (Wildman–Crippen MR) is 159 cm³/mol. The molecule has 0 aliphatic carbocycles. The molecule has 198 valence electrons. The van der Waals surface area contributed by atoms with Crippen molar-refractivity contribution in [1.29, 1.82) is 10.8 Å². The van der Waals surface area contributed by atoms with Crippen LogP contribution in [0.1, 0.15) is 49.7 Å². The Morgan fingerprint density at radius 1 is 0.615 bits per heavy atom. The summed E-state index contributed by atoms with van der Waals surface area (Å²) in [6, 6.07) is 16.3. The van der Waals surface area contributed by atoms with Crippen LogP contribution in [0.4, 0.5) is 0 Å². The van der Waals surface area contributed by atoms with E-state index >= 15 is 0 Å². The highest BCUT2D eigenvalue weighted by molar-refractivity contribution is 7.18. The normalized spacial score (nSPS) is 16.3. The molecule has 2 aliphatic heterocycles. The number of H-pyrrole nitrogens is 2. The van der Waals surface area contributed by atoms with E-state index in [1.54, 1.807) is 11.3 Å². The number of rotatable bonds is 4. The van der Waals surface area contributed by atoms with Gasteiger partial charge in [-0.2, -0.15) is 0 Å². The lowest BCUT2D eigenvalue weighted by Gasteiger charge is -2.29. The first-order valence-corrected chi connectivity index (χ1v) is 14.7. The van der Waals surface area contributed by atoms with Gasteiger partial charge in [-0.15, -0.1) is 11.3 Å². The number of aromatic amines is 2. The van der Waals surface area contributed by atoms with Crippen molar-refractivity contribution in [2.45, 2.75) is 38.5 Å². The Balaban J connectivity index is 1.12. The van der Waals surface area contributed by atoms with E-state index in [-0.39, 0.29) is 0 Å². The van der Waals surface area contributed by atoms with Gasteiger partial charge < -0.3 is 19.8 Å². The quantitative estimate of drug-likeness (QED) is 0.156. The summed E-state index contributed by atoms with van der Waals surface area (Å²) in [5.74, 6) is 2.86. The lowest BCUT2D eigenvalue weighted by molar-refractivity contribution is 0.341. The van der Waals surface area contributed by atoms with Crippen LogP contribution in [0.25, 0.3) is 43.5 Å². The van der Waals surface area contributed by atoms with Crippen molar-refractivity contribution in [1.82, 2.24) is 29.7 Å². The maximum atomic E-state index is 8.67. The van der Waals surface area contributed by atoms with Gasteiger partial charge in [-0.05, 0) is 87.1 Å². The summed E-state index contributed by atoms with van der Waals surface area (Å²) in [5, 5.41) is 17.3. The Bertz CT molecular complexity index is 1560. The molecule has 2 aliphatic rings. The van der Waals surface area contributed by atoms with Crippen LogP contribution in [0.5, 0.6) is 0 Å². The SMILES string of the molecule is N=C(c1ccc2nc(-c3ccc(-c4nc5ccc(C(=N)N6CCCCC6)cc5[nH]4)s3)[nH]c2c1)N1CCCCC1. The topological polar surface area (TPSA) is 112 Å². The molecule has 0 amide bonds. The molecule has 9 heteroatoms. The molecule has 3 aromatic heterocycles. The number of amidine groups is 2. The van der Waals surface area contributed by atoms with Gasteiger partial charge in [0.05, 0.1) is 31.8 Å². The van der Waals surface area contributed by atoms with Gasteiger partial charge in [0.15, 0.2) is 0 Å². The summed E-state index contributed by atoms with van der Waals surface area (Å²) in [6.07, 6.45) is 7.16. The van der Waals surface area contributed by atoms with Gasteiger partial charge in [-0.25, -0.2) is 9.97 Å². The first-order chi connectivity index (χ1) is 19.1. The number of thiophene rings is 1. The highest BCUT2D eigenvalue weighted by atomic mass is 32.1. The van der Waals surface area contributed by atoms with Crippen LogP contribution in [-0.4, -0.2) is 67.6 Å². The van der Waals surface area contributed by atoms with Gasteiger partial charge >= 0.3 is 0 Å². The molecule has 0 spiro atoms. The number of nitrogens with zero attached hydrogens (tertiary/aromatic N) is 4. The number of hydrogen-bond donors (Lipinski definition) is 4. The summed E-state index contributed by atoms with van der Waals surface area (Å²) < 4.78 is 0. The van der Waals surface area contributed by atoms with Crippen LogP contribution >= 0.6 is 11.3 Å². The standard InChI is InChI=1S/C30H32N8S/c31-27(37-13-3-1-4-14-37)19-7-9-21-23(17-19)35-29(33-21)25-11-12-26(39-25)30-34-22-10-8-20(18-24(22)36-30)28(32)38-15-5-2-6-16-38/h7-12,17-18,31-32H,1-6,13-16H2,(H,33,35)(H,34,36). The van der Waals surface area contributed by atoms with Gasteiger partial charge in [0.2, 0.25) is 0 Å². The Hall–Kier alpha value is -3.98. The summed E-state index contributed by atoms with van der Waals surface area (Å²) in [6.45, 7) is 3.86. The molecule has 0 atom stereocenters. The van der Waals surface area contributed by atoms with E-state index in [1.807, 2.05) is 24.3 Å². The van der Waals surface area contributed by atoms with Crippen LogP contribution in [-0.2, 0) is 0 Å². The van der Waals surface area contributed by atoms with Crippen LogP contribution in [0.3, 0.4) is 0 Å². The minimum Gasteiger partial charge on any atom is -0.357 e. The van der Waals surface area contributed by atoms with Gasteiger partial charge in [-0.1, -0.05) is 0 Å². The van der Waals surface area contributed by atoms with Crippen molar-refractivity contribution in [2.24, 2.45) is 0 Å². The highest BCUT2D eigenvalue weighted by Crippen LogP contribution is 2.34. The fourth-order valence-electron chi connectivity index (χ4n) is 5.74. The predicted octanol–water partition coefficient (Wildman–Crippen LogP) is 6.46. The average molecular weight is 537 g/mol. The molecule has 4 N–H and O–H groups in total. The zero-order chi connectivity index (χ0) is 26.3. The monoisotopic (exact) mass is 536 g/mol.